The predicted octanol–water partition coefficient (Wildman–Crippen LogP) is -0.259. The van der Waals surface area contributed by atoms with Crippen molar-refractivity contribution >= 4 is 17.5 Å². The number of anilines is 2. The maximum atomic E-state index is 10.4. The van der Waals surface area contributed by atoms with E-state index < -0.39 is 5.91 Å². The number of hydrogen-bond donors (Lipinski definition) is 3. The molecule has 0 aromatic carbocycles. The molecule has 4 N–H and O–H groups in total. The molecule has 0 aliphatic rings. The number of nitrogens with two attached hydrogens (primary N) is 1. The molecule has 7 heteroatoms. The second-order valence-electron chi connectivity index (χ2n) is 3.38. The Morgan fingerprint density at radius 2 is 2.18 bits per heavy atom. The van der Waals surface area contributed by atoms with Gasteiger partial charge in [-0.25, -0.2) is 9.97 Å². The van der Waals surface area contributed by atoms with Crippen molar-refractivity contribution < 1.29 is 9.53 Å². The maximum Gasteiger partial charge on any atom is 0.243 e. The van der Waals surface area contributed by atoms with E-state index in [9.17, 15) is 4.79 Å². The van der Waals surface area contributed by atoms with Crippen LogP contribution in [-0.4, -0.2) is 42.7 Å². The number of aromatic nitrogens is 2. The molecule has 0 aliphatic heterocycles. The fraction of sp³-hybridized carbons (Fsp3) is 0.500. The Bertz CT molecular complexity index is 383. The number of nitrogens with one attached hydrogen (secondary N) is 2. The van der Waals surface area contributed by atoms with Gasteiger partial charge in [-0.2, -0.15) is 0 Å². The number of ether oxygens (including phenoxy) is 1. The van der Waals surface area contributed by atoms with Crippen LogP contribution in [-0.2, 0) is 9.53 Å². The lowest BCUT2D eigenvalue weighted by Gasteiger charge is -2.08. The van der Waals surface area contributed by atoms with Crippen LogP contribution in [0.1, 0.15) is 5.82 Å². The Hall–Kier alpha value is -1.89. The lowest BCUT2D eigenvalue weighted by atomic mass is 10.5. The van der Waals surface area contributed by atoms with Crippen LogP contribution in [0.25, 0.3) is 0 Å². The minimum absolute atomic E-state index is 0.0632. The van der Waals surface area contributed by atoms with E-state index in [-0.39, 0.29) is 6.61 Å². The number of carbonyl (C=O) groups excluding carboxylic acids is 1. The van der Waals surface area contributed by atoms with Crippen LogP contribution < -0.4 is 16.4 Å². The van der Waals surface area contributed by atoms with Gasteiger partial charge in [0.15, 0.2) is 0 Å². The van der Waals surface area contributed by atoms with Crippen molar-refractivity contribution in [3.8, 4) is 0 Å². The molecule has 0 bridgehead atoms. The summed E-state index contributed by atoms with van der Waals surface area (Å²) in [5, 5.41) is 6.01. The molecule has 0 radical (unpaired) electrons. The summed E-state index contributed by atoms with van der Waals surface area (Å²) in [5.41, 5.74) is 4.93. The summed E-state index contributed by atoms with van der Waals surface area (Å²) in [4.78, 5) is 18.8. The van der Waals surface area contributed by atoms with Crippen molar-refractivity contribution in [1.82, 2.24) is 9.97 Å². The summed E-state index contributed by atoms with van der Waals surface area (Å²) in [7, 11) is 1.79. The van der Waals surface area contributed by atoms with Gasteiger partial charge in [-0.3, -0.25) is 4.79 Å². The quantitative estimate of drug-likeness (QED) is 0.567. The summed E-state index contributed by atoms with van der Waals surface area (Å²) in [5.74, 6) is 1.67. The molecule has 17 heavy (non-hydrogen) atoms. The molecule has 1 aromatic heterocycles. The predicted molar refractivity (Wildman–Crippen MR) is 64.8 cm³/mol. The molecule has 0 spiro atoms. The van der Waals surface area contributed by atoms with Crippen molar-refractivity contribution in [3.05, 3.63) is 11.9 Å². The van der Waals surface area contributed by atoms with Crippen LogP contribution >= 0.6 is 0 Å². The van der Waals surface area contributed by atoms with E-state index in [1.165, 1.54) is 0 Å². The average Bonchev–Trinajstić information content (AvgIpc) is 2.27. The number of hydrogen-bond acceptors (Lipinski definition) is 6. The zero-order chi connectivity index (χ0) is 12.7. The van der Waals surface area contributed by atoms with Crippen LogP contribution in [0.3, 0.4) is 0 Å². The second-order valence-corrected chi connectivity index (χ2v) is 3.38. The third-order valence-corrected chi connectivity index (χ3v) is 1.89. The van der Waals surface area contributed by atoms with E-state index in [0.29, 0.717) is 24.8 Å². The zero-order valence-electron chi connectivity index (χ0n) is 9.99. The van der Waals surface area contributed by atoms with Gasteiger partial charge in [-0.15, -0.1) is 0 Å². The highest BCUT2D eigenvalue weighted by Crippen LogP contribution is 2.09. The van der Waals surface area contributed by atoms with E-state index in [0.717, 1.165) is 5.82 Å². The van der Waals surface area contributed by atoms with Crippen LogP contribution in [0.5, 0.6) is 0 Å². The number of rotatable bonds is 7. The molecule has 0 aliphatic carbocycles. The van der Waals surface area contributed by atoms with E-state index in [2.05, 4.69) is 20.6 Å². The third kappa shape index (κ3) is 5.12. The van der Waals surface area contributed by atoms with Gasteiger partial charge in [0.2, 0.25) is 5.91 Å². The lowest BCUT2D eigenvalue weighted by Crippen LogP contribution is -2.20. The Kier molecular flexibility index (Phi) is 5.15. The molecule has 1 amide bonds. The van der Waals surface area contributed by atoms with E-state index in [1.54, 1.807) is 13.1 Å². The minimum atomic E-state index is -0.472. The lowest BCUT2D eigenvalue weighted by molar-refractivity contribution is -0.122. The topological polar surface area (TPSA) is 102 Å². The highest BCUT2D eigenvalue weighted by atomic mass is 16.5. The number of primary amides is 1. The molecule has 0 saturated carbocycles. The Labute approximate surface area is 99.8 Å². The Morgan fingerprint density at radius 1 is 1.47 bits per heavy atom. The molecule has 0 saturated heterocycles. The fourth-order valence-electron chi connectivity index (χ4n) is 1.21. The summed E-state index contributed by atoms with van der Waals surface area (Å²) < 4.78 is 5.01. The molecular weight excluding hydrogens is 222 g/mol. The van der Waals surface area contributed by atoms with Gasteiger partial charge in [0.25, 0.3) is 0 Å². The van der Waals surface area contributed by atoms with E-state index >= 15 is 0 Å². The molecule has 0 fully saturated rings. The number of carbonyl (C=O) groups is 1. The largest absolute Gasteiger partial charge is 0.373 e. The fourth-order valence-corrected chi connectivity index (χ4v) is 1.21. The Morgan fingerprint density at radius 3 is 2.82 bits per heavy atom. The molecule has 7 nitrogen and oxygen atoms in total. The van der Waals surface area contributed by atoms with Gasteiger partial charge in [-0.05, 0) is 6.92 Å². The highest BCUT2D eigenvalue weighted by Gasteiger charge is 2.00. The minimum Gasteiger partial charge on any atom is -0.373 e. The number of amides is 1. The smallest absolute Gasteiger partial charge is 0.243 e. The van der Waals surface area contributed by atoms with Crippen molar-refractivity contribution in [1.29, 1.82) is 0 Å². The molecule has 1 heterocycles. The van der Waals surface area contributed by atoms with Crippen molar-refractivity contribution in [2.75, 3.05) is 37.4 Å². The molecular formula is C10H17N5O2. The molecule has 0 unspecified atom stereocenters. The number of nitrogens with zero attached hydrogens (tertiary/aromatic N) is 2. The van der Waals surface area contributed by atoms with Crippen LogP contribution in [0.15, 0.2) is 6.07 Å². The second kappa shape index (κ2) is 6.64. The normalized spacial score (nSPS) is 10.0. The van der Waals surface area contributed by atoms with Crippen molar-refractivity contribution in [2.45, 2.75) is 6.92 Å². The van der Waals surface area contributed by atoms with Gasteiger partial charge < -0.3 is 21.1 Å². The SMILES string of the molecule is CNc1cc(NCCOCC(N)=O)nc(C)n1. The number of aryl methyl sites for hydroxylation is 1. The first-order chi connectivity index (χ1) is 8.11. The molecule has 1 aromatic rings. The first-order valence-electron chi connectivity index (χ1n) is 5.25. The van der Waals surface area contributed by atoms with Gasteiger partial charge in [-0.1, -0.05) is 0 Å². The summed E-state index contributed by atoms with van der Waals surface area (Å²) in [6.07, 6.45) is 0. The van der Waals surface area contributed by atoms with Gasteiger partial charge in [0.1, 0.15) is 24.1 Å². The molecule has 94 valence electrons. The van der Waals surface area contributed by atoms with Gasteiger partial charge >= 0.3 is 0 Å². The monoisotopic (exact) mass is 239 g/mol. The summed E-state index contributed by atoms with van der Waals surface area (Å²) in [6.45, 7) is 2.69. The summed E-state index contributed by atoms with van der Waals surface area (Å²) in [6, 6.07) is 1.79. The molecule has 1 rings (SSSR count). The zero-order valence-corrected chi connectivity index (χ0v) is 9.99. The van der Waals surface area contributed by atoms with Crippen LogP contribution in [0, 0.1) is 6.92 Å². The van der Waals surface area contributed by atoms with Gasteiger partial charge in [0, 0.05) is 19.7 Å². The van der Waals surface area contributed by atoms with Crippen molar-refractivity contribution in [3.63, 3.8) is 0 Å². The van der Waals surface area contributed by atoms with Crippen LogP contribution in [0.2, 0.25) is 0 Å². The highest BCUT2D eigenvalue weighted by molar-refractivity contribution is 5.74. The van der Waals surface area contributed by atoms with Crippen LogP contribution in [0.4, 0.5) is 11.6 Å². The van der Waals surface area contributed by atoms with E-state index in [4.69, 9.17) is 10.5 Å². The maximum absolute atomic E-state index is 10.4. The third-order valence-electron chi connectivity index (χ3n) is 1.89. The van der Waals surface area contributed by atoms with Crippen molar-refractivity contribution in [2.24, 2.45) is 5.73 Å². The summed E-state index contributed by atoms with van der Waals surface area (Å²) >= 11 is 0. The molecule has 0 atom stereocenters. The average molecular weight is 239 g/mol. The standard InChI is InChI=1S/C10H17N5O2/c1-7-14-9(12-2)5-10(15-7)13-3-4-17-6-8(11)16/h5H,3-4,6H2,1-2H3,(H2,11,16)(H2,12,13,14,15). The first kappa shape index (κ1) is 13.2. The Balaban J connectivity index is 2.36. The van der Waals surface area contributed by atoms with Gasteiger partial charge in [0.05, 0.1) is 6.61 Å². The van der Waals surface area contributed by atoms with E-state index in [1.807, 2.05) is 6.92 Å². The first-order valence-corrected chi connectivity index (χ1v) is 5.25.